The third kappa shape index (κ3) is 4.92. The predicted octanol–water partition coefficient (Wildman–Crippen LogP) is 4.49. The van der Waals surface area contributed by atoms with Gasteiger partial charge in [0.2, 0.25) is 12.7 Å². The standard InChI is InChI=1S/C26H23N3O4S/c30-24(27-19-12-13-22-23(15-19)33-17-32-22)16-34-26-28-21-11-5-4-10-20(21)25(31)29(26)14-6-9-18-7-2-1-3-8-18/h1-5,7-8,10-13,15H,6,9,14,16-17H2,(H,27,30). The van der Waals surface area contributed by atoms with Crippen LogP contribution in [0.15, 0.2) is 82.7 Å². The van der Waals surface area contributed by atoms with Crippen molar-refractivity contribution in [1.82, 2.24) is 9.55 Å². The molecule has 0 bridgehead atoms. The number of hydrogen-bond acceptors (Lipinski definition) is 6. The SMILES string of the molecule is O=C(CSc1nc2ccccc2c(=O)n1CCCc1ccccc1)Nc1ccc2c(c1)OCO2. The number of anilines is 1. The van der Waals surface area contributed by atoms with E-state index in [1.807, 2.05) is 36.4 Å². The van der Waals surface area contributed by atoms with Crippen molar-refractivity contribution >= 4 is 34.3 Å². The number of amides is 1. The second-order valence-electron chi connectivity index (χ2n) is 7.86. The molecule has 34 heavy (non-hydrogen) atoms. The predicted molar refractivity (Wildman–Crippen MR) is 133 cm³/mol. The van der Waals surface area contributed by atoms with Gasteiger partial charge in [0.25, 0.3) is 5.56 Å². The lowest BCUT2D eigenvalue weighted by Crippen LogP contribution is -2.24. The van der Waals surface area contributed by atoms with E-state index >= 15 is 0 Å². The van der Waals surface area contributed by atoms with E-state index in [0.717, 1.165) is 12.8 Å². The minimum absolute atomic E-state index is 0.0858. The number of hydrogen-bond donors (Lipinski definition) is 1. The number of nitrogens with zero attached hydrogens (tertiary/aromatic N) is 2. The van der Waals surface area contributed by atoms with Gasteiger partial charge in [-0.25, -0.2) is 4.98 Å². The Morgan fingerprint density at radius 1 is 1.00 bits per heavy atom. The van der Waals surface area contributed by atoms with Crippen LogP contribution in [-0.2, 0) is 17.8 Å². The highest BCUT2D eigenvalue weighted by atomic mass is 32.2. The van der Waals surface area contributed by atoms with E-state index < -0.39 is 0 Å². The van der Waals surface area contributed by atoms with E-state index in [-0.39, 0.29) is 24.0 Å². The number of aromatic nitrogens is 2. The van der Waals surface area contributed by atoms with Gasteiger partial charge < -0.3 is 14.8 Å². The first-order valence-electron chi connectivity index (χ1n) is 11.0. The van der Waals surface area contributed by atoms with Gasteiger partial charge in [0.05, 0.1) is 16.7 Å². The van der Waals surface area contributed by atoms with Crippen LogP contribution in [0.25, 0.3) is 10.9 Å². The minimum atomic E-state index is -0.192. The number of thioether (sulfide) groups is 1. The van der Waals surface area contributed by atoms with Crippen molar-refractivity contribution in [2.45, 2.75) is 24.5 Å². The Bertz CT molecular complexity index is 1390. The summed E-state index contributed by atoms with van der Waals surface area (Å²) in [6.45, 7) is 0.704. The van der Waals surface area contributed by atoms with Gasteiger partial charge >= 0.3 is 0 Å². The summed E-state index contributed by atoms with van der Waals surface area (Å²) in [7, 11) is 0. The lowest BCUT2D eigenvalue weighted by molar-refractivity contribution is -0.113. The Labute approximate surface area is 200 Å². The molecule has 172 valence electrons. The molecule has 0 atom stereocenters. The van der Waals surface area contributed by atoms with Crippen LogP contribution in [0.2, 0.25) is 0 Å². The van der Waals surface area contributed by atoms with Crippen LogP contribution in [0.5, 0.6) is 11.5 Å². The van der Waals surface area contributed by atoms with Crippen molar-refractivity contribution in [3.63, 3.8) is 0 Å². The van der Waals surface area contributed by atoms with E-state index in [2.05, 4.69) is 17.4 Å². The van der Waals surface area contributed by atoms with Gasteiger partial charge in [0.15, 0.2) is 16.7 Å². The van der Waals surface area contributed by atoms with E-state index in [1.165, 1.54) is 17.3 Å². The number of carbonyl (C=O) groups is 1. The Morgan fingerprint density at radius 2 is 1.79 bits per heavy atom. The fourth-order valence-corrected chi connectivity index (χ4v) is 4.67. The maximum atomic E-state index is 13.2. The van der Waals surface area contributed by atoms with Crippen LogP contribution in [-0.4, -0.2) is 28.0 Å². The van der Waals surface area contributed by atoms with Gasteiger partial charge in [0.1, 0.15) is 0 Å². The zero-order valence-corrected chi connectivity index (χ0v) is 19.2. The van der Waals surface area contributed by atoms with Gasteiger partial charge in [-0.05, 0) is 42.7 Å². The molecule has 1 aliphatic rings. The number of carbonyl (C=O) groups excluding carboxylic acids is 1. The maximum absolute atomic E-state index is 13.2. The van der Waals surface area contributed by atoms with Crippen molar-refractivity contribution in [3.05, 3.63) is 88.7 Å². The molecule has 0 aliphatic carbocycles. The highest BCUT2D eigenvalue weighted by molar-refractivity contribution is 7.99. The van der Waals surface area contributed by atoms with Crippen LogP contribution in [0.4, 0.5) is 5.69 Å². The average molecular weight is 474 g/mol. The molecule has 1 aliphatic heterocycles. The maximum Gasteiger partial charge on any atom is 0.262 e. The molecule has 0 radical (unpaired) electrons. The zero-order chi connectivity index (χ0) is 23.3. The number of aryl methyl sites for hydroxylation is 1. The van der Waals surface area contributed by atoms with Crippen LogP contribution < -0.4 is 20.3 Å². The fraction of sp³-hybridized carbons (Fsp3) is 0.192. The molecule has 1 aromatic heterocycles. The Kier molecular flexibility index (Phi) is 6.49. The third-order valence-electron chi connectivity index (χ3n) is 5.51. The summed E-state index contributed by atoms with van der Waals surface area (Å²) in [4.78, 5) is 30.5. The number of benzene rings is 3. The number of para-hydroxylation sites is 1. The number of fused-ring (bicyclic) bond motifs is 2. The van der Waals surface area contributed by atoms with Gasteiger partial charge in [0, 0.05) is 18.3 Å². The Balaban J connectivity index is 1.31. The summed E-state index contributed by atoms with van der Waals surface area (Å²) in [5, 5.41) is 3.99. The molecule has 7 nitrogen and oxygen atoms in total. The van der Waals surface area contributed by atoms with E-state index in [1.54, 1.807) is 28.8 Å². The summed E-state index contributed by atoms with van der Waals surface area (Å²) >= 11 is 1.26. The monoisotopic (exact) mass is 473 g/mol. The van der Waals surface area contributed by atoms with Gasteiger partial charge in [-0.2, -0.15) is 0 Å². The second kappa shape index (κ2) is 10.0. The summed E-state index contributed by atoms with van der Waals surface area (Å²) in [6.07, 6.45) is 1.65. The molecule has 1 amide bonds. The summed E-state index contributed by atoms with van der Waals surface area (Å²) < 4.78 is 12.4. The van der Waals surface area contributed by atoms with E-state index in [4.69, 9.17) is 14.5 Å². The van der Waals surface area contributed by atoms with Crippen molar-refractivity contribution in [1.29, 1.82) is 0 Å². The number of rotatable bonds is 8. The smallest absolute Gasteiger partial charge is 0.262 e. The highest BCUT2D eigenvalue weighted by Gasteiger charge is 2.16. The first-order valence-corrected chi connectivity index (χ1v) is 12.0. The van der Waals surface area contributed by atoms with E-state index in [0.29, 0.717) is 39.8 Å². The molecule has 0 spiro atoms. The lowest BCUT2D eigenvalue weighted by atomic mass is 10.1. The molecular weight excluding hydrogens is 450 g/mol. The van der Waals surface area contributed by atoms with Gasteiger partial charge in [-0.15, -0.1) is 0 Å². The van der Waals surface area contributed by atoms with Gasteiger partial charge in [-0.1, -0.05) is 54.2 Å². The molecule has 1 N–H and O–H groups in total. The Morgan fingerprint density at radius 3 is 2.68 bits per heavy atom. The summed E-state index contributed by atoms with van der Waals surface area (Å²) in [5.74, 6) is 1.20. The van der Waals surface area contributed by atoms with Crippen LogP contribution >= 0.6 is 11.8 Å². The summed E-state index contributed by atoms with van der Waals surface area (Å²) in [6, 6.07) is 22.8. The molecule has 4 aromatic rings. The molecule has 0 saturated heterocycles. The number of nitrogens with one attached hydrogen (secondary N) is 1. The molecule has 0 saturated carbocycles. The molecule has 2 heterocycles. The van der Waals surface area contributed by atoms with Crippen molar-refractivity contribution in [2.24, 2.45) is 0 Å². The van der Waals surface area contributed by atoms with Crippen LogP contribution in [0.1, 0.15) is 12.0 Å². The second-order valence-corrected chi connectivity index (χ2v) is 8.80. The average Bonchev–Trinajstić information content (AvgIpc) is 3.33. The lowest BCUT2D eigenvalue weighted by Gasteiger charge is -2.13. The first kappa shape index (κ1) is 22.0. The fourth-order valence-electron chi connectivity index (χ4n) is 3.84. The van der Waals surface area contributed by atoms with Crippen LogP contribution in [0, 0.1) is 0 Å². The molecule has 5 rings (SSSR count). The van der Waals surface area contributed by atoms with Crippen molar-refractivity contribution in [3.8, 4) is 11.5 Å². The molecule has 8 heteroatoms. The normalized spacial score (nSPS) is 12.1. The minimum Gasteiger partial charge on any atom is -0.454 e. The quantitative estimate of drug-likeness (QED) is 0.300. The Hall–Kier alpha value is -3.78. The van der Waals surface area contributed by atoms with Gasteiger partial charge in [-0.3, -0.25) is 14.2 Å². The first-order chi connectivity index (χ1) is 16.7. The topological polar surface area (TPSA) is 82.5 Å². The van der Waals surface area contributed by atoms with Crippen molar-refractivity contribution in [2.75, 3.05) is 17.9 Å². The molecule has 0 fully saturated rings. The molecule has 0 unspecified atom stereocenters. The summed E-state index contributed by atoms with van der Waals surface area (Å²) in [5.41, 5.74) is 2.39. The van der Waals surface area contributed by atoms with Crippen LogP contribution in [0.3, 0.4) is 0 Å². The zero-order valence-electron chi connectivity index (χ0n) is 18.4. The molecular formula is C26H23N3O4S. The third-order valence-corrected chi connectivity index (χ3v) is 6.48. The highest BCUT2D eigenvalue weighted by Crippen LogP contribution is 2.34. The van der Waals surface area contributed by atoms with E-state index in [9.17, 15) is 9.59 Å². The largest absolute Gasteiger partial charge is 0.454 e. The molecule has 3 aromatic carbocycles. The van der Waals surface area contributed by atoms with Crippen molar-refractivity contribution < 1.29 is 14.3 Å². The number of ether oxygens (including phenoxy) is 2.